The third-order valence-corrected chi connectivity index (χ3v) is 5.93. The average Bonchev–Trinajstić information content (AvgIpc) is 3.26. The van der Waals surface area contributed by atoms with E-state index in [2.05, 4.69) is 19.9 Å². The predicted molar refractivity (Wildman–Crippen MR) is 95.6 cm³/mol. The van der Waals surface area contributed by atoms with Crippen molar-refractivity contribution in [1.29, 1.82) is 0 Å². The molecule has 8 nitrogen and oxygen atoms in total. The Labute approximate surface area is 152 Å². The predicted octanol–water partition coefficient (Wildman–Crippen LogP) is 0.561. The van der Waals surface area contributed by atoms with Crippen molar-refractivity contribution in [1.82, 2.24) is 24.4 Å². The molecule has 2 aliphatic rings. The number of aliphatic hydroxyl groups excluding tert-OH is 1. The monoisotopic (exact) mass is 356 g/mol. The van der Waals surface area contributed by atoms with E-state index >= 15 is 0 Å². The van der Waals surface area contributed by atoms with E-state index < -0.39 is 0 Å². The van der Waals surface area contributed by atoms with E-state index in [9.17, 15) is 9.90 Å². The van der Waals surface area contributed by atoms with Crippen molar-refractivity contribution in [2.75, 3.05) is 37.7 Å². The first-order valence-corrected chi connectivity index (χ1v) is 9.02. The van der Waals surface area contributed by atoms with E-state index in [4.69, 9.17) is 0 Å². The number of aliphatic hydroxyl groups is 1. The molecule has 0 bridgehead atoms. The molecule has 1 N–H and O–H groups in total. The van der Waals surface area contributed by atoms with Crippen LogP contribution in [0.15, 0.2) is 30.9 Å². The van der Waals surface area contributed by atoms with Gasteiger partial charge in [0.05, 0.1) is 0 Å². The summed E-state index contributed by atoms with van der Waals surface area (Å²) in [7, 11) is 1.84. The third kappa shape index (κ3) is 2.84. The molecule has 1 spiro atoms. The lowest BCUT2D eigenvalue weighted by molar-refractivity contribution is 0.0405. The highest BCUT2D eigenvalue weighted by atomic mass is 16.3. The number of rotatable bonds is 3. The topological polar surface area (TPSA) is 87.4 Å². The summed E-state index contributed by atoms with van der Waals surface area (Å²) in [5.74, 6) is 1.35. The zero-order chi connectivity index (χ0) is 18.1. The van der Waals surface area contributed by atoms with E-state index in [0.29, 0.717) is 24.9 Å². The molecule has 0 aliphatic carbocycles. The second-order valence-electron chi connectivity index (χ2n) is 7.33. The SMILES string of the molecule is Cn1ccnc1C(=O)N1CCC2(CC1)CN(c1ncccn1)CC2CO. The first-order chi connectivity index (χ1) is 12.6. The number of piperidine rings is 1. The largest absolute Gasteiger partial charge is 0.396 e. The fourth-order valence-electron chi connectivity index (χ4n) is 4.33. The molecule has 0 radical (unpaired) electrons. The maximum absolute atomic E-state index is 12.7. The number of anilines is 1. The quantitative estimate of drug-likeness (QED) is 0.865. The van der Waals surface area contributed by atoms with E-state index in [1.165, 1.54) is 0 Å². The van der Waals surface area contributed by atoms with Gasteiger partial charge in [-0.05, 0) is 24.3 Å². The average molecular weight is 356 g/mol. The number of carbonyl (C=O) groups excluding carboxylic acids is 1. The lowest BCUT2D eigenvalue weighted by Gasteiger charge is -2.42. The molecule has 4 rings (SSSR count). The molecule has 2 fully saturated rings. The molecule has 1 atom stereocenters. The van der Waals surface area contributed by atoms with Crippen LogP contribution in [0.3, 0.4) is 0 Å². The van der Waals surface area contributed by atoms with Crippen LogP contribution in [-0.2, 0) is 7.05 Å². The van der Waals surface area contributed by atoms with E-state index in [0.717, 1.165) is 25.9 Å². The number of carbonyl (C=O) groups is 1. The van der Waals surface area contributed by atoms with Gasteiger partial charge in [-0.15, -0.1) is 0 Å². The summed E-state index contributed by atoms with van der Waals surface area (Å²) >= 11 is 0. The smallest absolute Gasteiger partial charge is 0.289 e. The summed E-state index contributed by atoms with van der Waals surface area (Å²) in [6.45, 7) is 3.11. The molecular formula is C18H24N6O2. The van der Waals surface area contributed by atoms with Crippen LogP contribution in [0.5, 0.6) is 0 Å². The van der Waals surface area contributed by atoms with Crippen LogP contribution >= 0.6 is 0 Å². The molecular weight excluding hydrogens is 332 g/mol. The molecule has 4 heterocycles. The van der Waals surface area contributed by atoms with Gasteiger partial charge in [0.2, 0.25) is 5.95 Å². The molecule has 8 heteroatoms. The summed E-state index contributed by atoms with van der Waals surface area (Å²) < 4.78 is 1.76. The number of aryl methyl sites for hydroxylation is 1. The van der Waals surface area contributed by atoms with Crippen LogP contribution < -0.4 is 4.90 Å². The number of hydrogen-bond acceptors (Lipinski definition) is 6. The Morgan fingerprint density at radius 1 is 1.23 bits per heavy atom. The molecule has 1 amide bonds. The van der Waals surface area contributed by atoms with Crippen LogP contribution in [0, 0.1) is 11.3 Å². The number of aromatic nitrogens is 4. The van der Waals surface area contributed by atoms with Crippen molar-refractivity contribution in [2.45, 2.75) is 12.8 Å². The van der Waals surface area contributed by atoms with Gasteiger partial charge in [-0.1, -0.05) is 0 Å². The molecule has 0 aromatic carbocycles. The Kier molecular flexibility index (Phi) is 4.36. The molecule has 2 aromatic rings. The van der Waals surface area contributed by atoms with Crippen molar-refractivity contribution >= 4 is 11.9 Å². The van der Waals surface area contributed by atoms with Gasteiger partial charge in [0.1, 0.15) is 0 Å². The molecule has 2 aliphatic heterocycles. The standard InChI is InChI=1S/C18H24N6O2/c1-22-10-7-19-15(22)16(26)23-8-3-18(4-9-23)13-24(11-14(18)12-25)17-20-5-2-6-21-17/h2,5-7,10,14,25H,3-4,8-9,11-13H2,1H3. The van der Waals surface area contributed by atoms with Crippen molar-refractivity contribution in [2.24, 2.45) is 18.4 Å². The van der Waals surface area contributed by atoms with Crippen molar-refractivity contribution < 1.29 is 9.90 Å². The van der Waals surface area contributed by atoms with E-state index in [1.807, 2.05) is 11.9 Å². The lowest BCUT2D eigenvalue weighted by atomic mass is 9.71. The van der Waals surface area contributed by atoms with Gasteiger partial charge >= 0.3 is 0 Å². The minimum atomic E-state index is -0.0193. The highest BCUT2D eigenvalue weighted by Crippen LogP contribution is 2.45. The fraction of sp³-hybridized carbons (Fsp3) is 0.556. The van der Waals surface area contributed by atoms with Gasteiger partial charge in [-0.25, -0.2) is 15.0 Å². The number of amides is 1. The Morgan fingerprint density at radius 2 is 1.96 bits per heavy atom. The lowest BCUT2D eigenvalue weighted by Crippen LogP contribution is -2.47. The maximum atomic E-state index is 12.7. The Hall–Kier alpha value is -2.48. The number of likely N-dealkylation sites (tertiary alicyclic amines) is 1. The minimum absolute atomic E-state index is 0.00632. The van der Waals surface area contributed by atoms with Gasteiger partial charge in [0.15, 0.2) is 5.82 Å². The number of imidazole rings is 1. The van der Waals surface area contributed by atoms with E-state index in [-0.39, 0.29) is 23.8 Å². The van der Waals surface area contributed by atoms with Crippen LogP contribution in [0.4, 0.5) is 5.95 Å². The summed E-state index contributed by atoms with van der Waals surface area (Å²) in [5, 5.41) is 9.95. The van der Waals surface area contributed by atoms with E-state index in [1.54, 1.807) is 35.4 Å². The molecule has 0 saturated carbocycles. The summed E-state index contributed by atoms with van der Waals surface area (Å²) in [5.41, 5.74) is 0.00632. The van der Waals surface area contributed by atoms with Crippen LogP contribution in [0.25, 0.3) is 0 Å². The molecule has 138 valence electrons. The number of hydrogen-bond donors (Lipinski definition) is 1. The second kappa shape index (κ2) is 6.68. The molecule has 1 unspecified atom stereocenters. The maximum Gasteiger partial charge on any atom is 0.289 e. The van der Waals surface area contributed by atoms with Crippen molar-refractivity contribution in [3.05, 3.63) is 36.7 Å². The van der Waals surface area contributed by atoms with Gasteiger partial charge in [0.25, 0.3) is 5.91 Å². The minimum Gasteiger partial charge on any atom is -0.396 e. The van der Waals surface area contributed by atoms with Crippen LogP contribution in [0.2, 0.25) is 0 Å². The Morgan fingerprint density at radius 3 is 2.58 bits per heavy atom. The van der Waals surface area contributed by atoms with Gasteiger partial charge in [-0.3, -0.25) is 4.79 Å². The van der Waals surface area contributed by atoms with Crippen LogP contribution in [-0.4, -0.2) is 68.2 Å². The molecule has 26 heavy (non-hydrogen) atoms. The van der Waals surface area contributed by atoms with Crippen LogP contribution in [0.1, 0.15) is 23.5 Å². The Bertz CT molecular complexity index is 769. The third-order valence-electron chi connectivity index (χ3n) is 5.93. The van der Waals surface area contributed by atoms with Gasteiger partial charge in [-0.2, -0.15) is 0 Å². The summed E-state index contributed by atoms with van der Waals surface area (Å²) in [6.07, 6.45) is 8.67. The summed E-state index contributed by atoms with van der Waals surface area (Å²) in [4.78, 5) is 29.6. The highest BCUT2D eigenvalue weighted by Gasteiger charge is 2.49. The van der Waals surface area contributed by atoms with Gasteiger partial charge in [0, 0.05) is 70.5 Å². The second-order valence-corrected chi connectivity index (χ2v) is 7.33. The number of nitrogens with zero attached hydrogens (tertiary/aromatic N) is 6. The highest BCUT2D eigenvalue weighted by molar-refractivity contribution is 5.90. The molecule has 2 saturated heterocycles. The van der Waals surface area contributed by atoms with Gasteiger partial charge < -0.3 is 19.5 Å². The van der Waals surface area contributed by atoms with Crippen molar-refractivity contribution in [3.63, 3.8) is 0 Å². The molecule has 2 aromatic heterocycles. The first-order valence-electron chi connectivity index (χ1n) is 9.02. The van der Waals surface area contributed by atoms with Crippen molar-refractivity contribution in [3.8, 4) is 0 Å². The first kappa shape index (κ1) is 17.0. The normalized spacial score (nSPS) is 22.2. The summed E-state index contributed by atoms with van der Waals surface area (Å²) in [6, 6.07) is 1.81. The zero-order valence-electron chi connectivity index (χ0n) is 15.0. The Balaban J connectivity index is 1.47. The zero-order valence-corrected chi connectivity index (χ0v) is 15.0. The fourth-order valence-corrected chi connectivity index (χ4v) is 4.33.